The van der Waals surface area contributed by atoms with Crippen LogP contribution >= 0.6 is 0 Å². The van der Waals surface area contributed by atoms with E-state index < -0.39 is 0 Å². The molecule has 0 aromatic carbocycles. The molecule has 0 aromatic rings. The van der Waals surface area contributed by atoms with Crippen molar-refractivity contribution in [3.8, 4) is 0 Å². The topological polar surface area (TPSA) is 15.3 Å². The van der Waals surface area contributed by atoms with Gasteiger partial charge in [0.1, 0.15) is 0 Å². The van der Waals surface area contributed by atoms with Crippen molar-refractivity contribution in [1.82, 2.24) is 10.2 Å². The van der Waals surface area contributed by atoms with Crippen LogP contribution in [0.5, 0.6) is 0 Å². The molecule has 1 saturated carbocycles. The van der Waals surface area contributed by atoms with Gasteiger partial charge in [-0.05, 0) is 44.8 Å². The van der Waals surface area contributed by atoms with Crippen LogP contribution in [0.15, 0.2) is 0 Å². The highest BCUT2D eigenvalue weighted by Crippen LogP contribution is 2.31. The minimum atomic E-state index is 0.833. The molecule has 0 spiro atoms. The molecule has 2 nitrogen and oxygen atoms in total. The van der Waals surface area contributed by atoms with E-state index >= 15 is 0 Å². The lowest BCUT2D eigenvalue weighted by atomic mass is 10.2. The molecule has 1 saturated heterocycles. The Morgan fingerprint density at radius 2 is 2.14 bits per heavy atom. The standard InChI is InChI=1S/C12H24N2/c1-2-14-9-3-4-12(14)10-13-8-7-11-5-6-11/h11-13H,2-10H2,1H3. The van der Waals surface area contributed by atoms with E-state index in [1.807, 2.05) is 0 Å². The lowest BCUT2D eigenvalue weighted by Crippen LogP contribution is -2.38. The number of likely N-dealkylation sites (tertiary alicyclic amines) is 1. The van der Waals surface area contributed by atoms with Crippen molar-refractivity contribution < 1.29 is 0 Å². The molecular weight excluding hydrogens is 172 g/mol. The van der Waals surface area contributed by atoms with Crippen molar-refractivity contribution >= 4 is 0 Å². The molecule has 2 rings (SSSR count). The average molecular weight is 196 g/mol. The van der Waals surface area contributed by atoms with Crippen LogP contribution in [0.1, 0.15) is 39.0 Å². The molecule has 1 aliphatic carbocycles. The summed E-state index contributed by atoms with van der Waals surface area (Å²) in [6.45, 7) is 7.31. The Hall–Kier alpha value is -0.0800. The van der Waals surface area contributed by atoms with Gasteiger partial charge in [0.05, 0.1) is 0 Å². The van der Waals surface area contributed by atoms with Gasteiger partial charge in [-0.3, -0.25) is 4.90 Å². The first-order chi connectivity index (χ1) is 6.90. The third kappa shape index (κ3) is 2.96. The summed E-state index contributed by atoms with van der Waals surface area (Å²) in [4.78, 5) is 2.62. The predicted molar refractivity (Wildman–Crippen MR) is 60.5 cm³/mol. The van der Waals surface area contributed by atoms with Gasteiger partial charge in [0, 0.05) is 12.6 Å². The van der Waals surface area contributed by atoms with E-state index in [0.29, 0.717) is 0 Å². The van der Waals surface area contributed by atoms with E-state index in [2.05, 4.69) is 17.1 Å². The minimum absolute atomic E-state index is 0.833. The van der Waals surface area contributed by atoms with Gasteiger partial charge in [-0.2, -0.15) is 0 Å². The number of likely N-dealkylation sites (N-methyl/N-ethyl adjacent to an activating group) is 1. The van der Waals surface area contributed by atoms with Crippen molar-refractivity contribution in [1.29, 1.82) is 0 Å². The van der Waals surface area contributed by atoms with Crippen molar-refractivity contribution in [2.75, 3.05) is 26.2 Å². The molecule has 1 unspecified atom stereocenters. The van der Waals surface area contributed by atoms with Crippen molar-refractivity contribution in [3.05, 3.63) is 0 Å². The summed E-state index contributed by atoms with van der Waals surface area (Å²) in [6.07, 6.45) is 7.21. The summed E-state index contributed by atoms with van der Waals surface area (Å²) in [5, 5.41) is 3.62. The first-order valence-electron chi connectivity index (χ1n) is 6.35. The molecule has 82 valence electrons. The lowest BCUT2D eigenvalue weighted by Gasteiger charge is -2.22. The van der Waals surface area contributed by atoms with Gasteiger partial charge >= 0.3 is 0 Å². The fourth-order valence-corrected chi connectivity index (χ4v) is 2.52. The van der Waals surface area contributed by atoms with Crippen LogP contribution in [0, 0.1) is 5.92 Å². The SMILES string of the molecule is CCN1CCCC1CNCCC1CC1. The largest absolute Gasteiger partial charge is 0.315 e. The molecule has 2 fully saturated rings. The molecule has 0 aromatic heterocycles. The van der Waals surface area contributed by atoms with Crippen LogP contribution in [-0.2, 0) is 0 Å². The van der Waals surface area contributed by atoms with E-state index in [4.69, 9.17) is 0 Å². The zero-order chi connectivity index (χ0) is 9.80. The molecule has 1 N–H and O–H groups in total. The van der Waals surface area contributed by atoms with E-state index in [-0.39, 0.29) is 0 Å². The molecule has 0 radical (unpaired) electrons. The first-order valence-corrected chi connectivity index (χ1v) is 6.35. The van der Waals surface area contributed by atoms with Crippen LogP contribution in [0.25, 0.3) is 0 Å². The molecule has 1 atom stereocenters. The van der Waals surface area contributed by atoms with E-state index in [1.165, 1.54) is 58.3 Å². The number of rotatable bonds is 6. The number of hydrogen-bond acceptors (Lipinski definition) is 2. The Labute approximate surface area is 88.1 Å². The van der Waals surface area contributed by atoms with Crippen LogP contribution in [0.2, 0.25) is 0 Å². The molecule has 14 heavy (non-hydrogen) atoms. The van der Waals surface area contributed by atoms with E-state index in [0.717, 1.165) is 12.0 Å². The second-order valence-corrected chi connectivity index (χ2v) is 4.86. The Morgan fingerprint density at radius 3 is 2.86 bits per heavy atom. The molecule has 2 heteroatoms. The Morgan fingerprint density at radius 1 is 1.29 bits per heavy atom. The smallest absolute Gasteiger partial charge is 0.0220 e. The molecule has 1 heterocycles. The average Bonchev–Trinajstić information content (AvgIpc) is 2.91. The second-order valence-electron chi connectivity index (χ2n) is 4.86. The molecule has 0 amide bonds. The van der Waals surface area contributed by atoms with Gasteiger partial charge in [-0.1, -0.05) is 19.8 Å². The van der Waals surface area contributed by atoms with Crippen molar-refractivity contribution in [2.45, 2.75) is 45.1 Å². The summed E-state index contributed by atoms with van der Waals surface area (Å²) < 4.78 is 0. The van der Waals surface area contributed by atoms with E-state index in [1.54, 1.807) is 0 Å². The third-order valence-electron chi connectivity index (χ3n) is 3.71. The number of hydrogen-bond donors (Lipinski definition) is 1. The fraction of sp³-hybridized carbons (Fsp3) is 1.00. The third-order valence-corrected chi connectivity index (χ3v) is 3.71. The van der Waals surface area contributed by atoms with Crippen LogP contribution in [0.3, 0.4) is 0 Å². The fourth-order valence-electron chi connectivity index (χ4n) is 2.52. The van der Waals surface area contributed by atoms with Gasteiger partial charge in [-0.15, -0.1) is 0 Å². The highest BCUT2D eigenvalue weighted by atomic mass is 15.2. The van der Waals surface area contributed by atoms with Gasteiger partial charge < -0.3 is 5.32 Å². The van der Waals surface area contributed by atoms with Gasteiger partial charge in [0.2, 0.25) is 0 Å². The summed E-state index contributed by atoms with van der Waals surface area (Å²) in [5.74, 6) is 1.08. The van der Waals surface area contributed by atoms with Crippen molar-refractivity contribution in [3.63, 3.8) is 0 Å². The molecule has 0 bridgehead atoms. The highest BCUT2D eigenvalue weighted by molar-refractivity contribution is 4.80. The maximum absolute atomic E-state index is 3.62. The zero-order valence-electron chi connectivity index (χ0n) is 9.47. The monoisotopic (exact) mass is 196 g/mol. The van der Waals surface area contributed by atoms with Gasteiger partial charge in [0.25, 0.3) is 0 Å². The normalized spacial score (nSPS) is 28.5. The quantitative estimate of drug-likeness (QED) is 0.652. The summed E-state index contributed by atoms with van der Waals surface area (Å²) in [5.41, 5.74) is 0. The number of nitrogens with zero attached hydrogens (tertiary/aromatic N) is 1. The van der Waals surface area contributed by atoms with Crippen LogP contribution in [-0.4, -0.2) is 37.1 Å². The summed E-state index contributed by atoms with van der Waals surface area (Å²) >= 11 is 0. The molecule has 2 aliphatic rings. The summed E-state index contributed by atoms with van der Waals surface area (Å²) in [6, 6.07) is 0.833. The second kappa shape index (κ2) is 5.13. The lowest BCUT2D eigenvalue weighted by molar-refractivity contribution is 0.260. The van der Waals surface area contributed by atoms with Crippen molar-refractivity contribution in [2.24, 2.45) is 5.92 Å². The number of nitrogens with one attached hydrogen (secondary N) is 1. The van der Waals surface area contributed by atoms with Crippen LogP contribution < -0.4 is 5.32 Å². The maximum atomic E-state index is 3.62. The Bertz CT molecular complexity index is 166. The minimum Gasteiger partial charge on any atom is -0.315 e. The van der Waals surface area contributed by atoms with Crippen LogP contribution in [0.4, 0.5) is 0 Å². The molecular formula is C12H24N2. The Kier molecular flexibility index (Phi) is 3.82. The first kappa shape index (κ1) is 10.4. The highest BCUT2D eigenvalue weighted by Gasteiger charge is 2.23. The van der Waals surface area contributed by atoms with Gasteiger partial charge in [0.15, 0.2) is 0 Å². The van der Waals surface area contributed by atoms with Gasteiger partial charge in [-0.25, -0.2) is 0 Å². The van der Waals surface area contributed by atoms with E-state index in [9.17, 15) is 0 Å². The Balaban J connectivity index is 1.54. The zero-order valence-corrected chi connectivity index (χ0v) is 9.47. The summed E-state index contributed by atoms with van der Waals surface area (Å²) in [7, 11) is 0. The molecule has 1 aliphatic heterocycles. The maximum Gasteiger partial charge on any atom is 0.0220 e. The predicted octanol–water partition coefficient (Wildman–Crippen LogP) is 1.86.